The molecule has 1 heterocycles. The number of thiazole rings is 1. The van der Waals surface area contributed by atoms with E-state index in [-0.39, 0.29) is 6.54 Å². The number of aliphatic hydroxyl groups excluding tert-OH is 1. The van der Waals surface area contributed by atoms with Gasteiger partial charge >= 0.3 is 0 Å². The minimum Gasteiger partial charge on any atom is -0.386 e. The first-order valence-electron chi connectivity index (χ1n) is 3.99. The summed E-state index contributed by atoms with van der Waals surface area (Å²) in [6.07, 6.45) is 1.16. The van der Waals surface area contributed by atoms with Crippen molar-refractivity contribution in [2.45, 2.75) is 25.9 Å². The van der Waals surface area contributed by atoms with E-state index >= 15 is 0 Å². The third-order valence-electron chi connectivity index (χ3n) is 1.59. The summed E-state index contributed by atoms with van der Waals surface area (Å²) in [4.78, 5) is 5.05. The molecule has 12 heavy (non-hydrogen) atoms. The Balaban J connectivity index is 2.77. The fraction of sp³-hybridized carbons (Fsp3) is 0.625. The van der Waals surface area contributed by atoms with Crippen LogP contribution in [0.25, 0.3) is 0 Å². The number of rotatable bonds is 3. The van der Waals surface area contributed by atoms with E-state index in [0.29, 0.717) is 5.92 Å². The third-order valence-corrected chi connectivity index (χ3v) is 2.99. The molecule has 1 aromatic heterocycles. The molecule has 1 rings (SSSR count). The van der Waals surface area contributed by atoms with Gasteiger partial charge in [0.1, 0.15) is 6.10 Å². The average Bonchev–Trinajstić information content (AvgIpc) is 2.51. The van der Waals surface area contributed by atoms with Crippen molar-refractivity contribution in [1.82, 2.24) is 4.98 Å². The van der Waals surface area contributed by atoms with Crippen molar-refractivity contribution >= 4 is 11.3 Å². The molecule has 0 aromatic carbocycles. The van der Waals surface area contributed by atoms with E-state index in [2.05, 4.69) is 18.8 Å². The van der Waals surface area contributed by atoms with E-state index in [1.165, 1.54) is 11.3 Å². The standard InChI is InChI=1S/C8H14N2OS/c1-5(2)8-10-4-7(12-8)6(11)3-9/h4-6,11H,3,9H2,1-2H3/t6-/m1/s1. The molecule has 0 fully saturated rings. The molecule has 0 aliphatic rings. The van der Waals surface area contributed by atoms with Crippen molar-refractivity contribution < 1.29 is 5.11 Å². The number of hydrogen-bond donors (Lipinski definition) is 2. The van der Waals surface area contributed by atoms with Crippen molar-refractivity contribution in [2.24, 2.45) is 5.73 Å². The van der Waals surface area contributed by atoms with Gasteiger partial charge in [-0.15, -0.1) is 11.3 Å². The molecule has 0 aliphatic heterocycles. The summed E-state index contributed by atoms with van der Waals surface area (Å²) in [5, 5.41) is 10.4. The van der Waals surface area contributed by atoms with Crippen LogP contribution in [0.3, 0.4) is 0 Å². The molecule has 3 N–H and O–H groups in total. The second kappa shape index (κ2) is 3.98. The zero-order valence-corrected chi connectivity index (χ0v) is 8.14. The predicted molar refractivity (Wildman–Crippen MR) is 50.2 cm³/mol. The Hall–Kier alpha value is -0.450. The number of nitrogens with zero attached hydrogens (tertiary/aromatic N) is 1. The molecular weight excluding hydrogens is 172 g/mol. The van der Waals surface area contributed by atoms with Gasteiger partial charge in [0.25, 0.3) is 0 Å². The second-order valence-corrected chi connectivity index (χ2v) is 4.10. The Morgan fingerprint density at radius 3 is 2.75 bits per heavy atom. The van der Waals surface area contributed by atoms with Crippen LogP contribution >= 0.6 is 11.3 Å². The molecule has 0 amide bonds. The highest BCUT2D eigenvalue weighted by Gasteiger charge is 2.11. The summed E-state index contributed by atoms with van der Waals surface area (Å²) < 4.78 is 0. The highest BCUT2D eigenvalue weighted by atomic mass is 32.1. The lowest BCUT2D eigenvalue weighted by molar-refractivity contribution is 0.190. The quantitative estimate of drug-likeness (QED) is 0.747. The fourth-order valence-corrected chi connectivity index (χ4v) is 1.76. The van der Waals surface area contributed by atoms with Crippen molar-refractivity contribution in [3.8, 4) is 0 Å². The molecule has 0 radical (unpaired) electrons. The van der Waals surface area contributed by atoms with Crippen LogP contribution in [0.1, 0.15) is 35.8 Å². The first kappa shape index (κ1) is 9.64. The van der Waals surface area contributed by atoms with Crippen LogP contribution in [-0.2, 0) is 0 Å². The van der Waals surface area contributed by atoms with Gasteiger partial charge in [-0.05, 0) is 0 Å². The maximum atomic E-state index is 9.37. The van der Waals surface area contributed by atoms with E-state index < -0.39 is 6.10 Å². The van der Waals surface area contributed by atoms with E-state index in [9.17, 15) is 5.11 Å². The number of hydrogen-bond acceptors (Lipinski definition) is 4. The third kappa shape index (κ3) is 2.03. The maximum Gasteiger partial charge on any atom is 0.102 e. The second-order valence-electron chi connectivity index (χ2n) is 3.01. The van der Waals surface area contributed by atoms with Gasteiger partial charge in [0.05, 0.1) is 9.88 Å². The van der Waals surface area contributed by atoms with Crippen molar-refractivity contribution in [3.63, 3.8) is 0 Å². The van der Waals surface area contributed by atoms with Crippen molar-refractivity contribution in [2.75, 3.05) is 6.54 Å². The zero-order valence-electron chi connectivity index (χ0n) is 7.32. The molecule has 1 aromatic rings. The van der Waals surface area contributed by atoms with Crippen molar-refractivity contribution in [1.29, 1.82) is 0 Å². The highest BCUT2D eigenvalue weighted by molar-refractivity contribution is 7.11. The summed E-state index contributed by atoms with van der Waals surface area (Å²) in [6.45, 7) is 4.43. The van der Waals surface area contributed by atoms with Crippen LogP contribution < -0.4 is 5.73 Å². The van der Waals surface area contributed by atoms with E-state index in [4.69, 9.17) is 5.73 Å². The lowest BCUT2D eigenvalue weighted by Gasteiger charge is -2.02. The molecule has 3 nitrogen and oxygen atoms in total. The van der Waals surface area contributed by atoms with E-state index in [0.717, 1.165) is 9.88 Å². The van der Waals surface area contributed by atoms with Gasteiger partial charge in [-0.2, -0.15) is 0 Å². The fourth-order valence-electron chi connectivity index (χ4n) is 0.838. The van der Waals surface area contributed by atoms with Crippen LogP contribution in [0.15, 0.2) is 6.20 Å². The van der Waals surface area contributed by atoms with Crippen molar-refractivity contribution in [3.05, 3.63) is 16.1 Å². The van der Waals surface area contributed by atoms with Crippen LogP contribution in [0, 0.1) is 0 Å². The summed E-state index contributed by atoms with van der Waals surface area (Å²) >= 11 is 1.53. The van der Waals surface area contributed by atoms with Gasteiger partial charge in [-0.1, -0.05) is 13.8 Å². The van der Waals surface area contributed by atoms with Gasteiger partial charge in [-0.25, -0.2) is 4.98 Å². The summed E-state index contributed by atoms with van der Waals surface area (Å²) in [7, 11) is 0. The Bertz CT molecular complexity index is 247. The number of aliphatic hydroxyl groups is 1. The molecule has 0 saturated carbocycles. The lowest BCUT2D eigenvalue weighted by Crippen LogP contribution is -2.09. The molecular formula is C8H14N2OS. The molecule has 68 valence electrons. The average molecular weight is 186 g/mol. The molecule has 0 bridgehead atoms. The van der Waals surface area contributed by atoms with Gasteiger partial charge in [0, 0.05) is 18.7 Å². The van der Waals surface area contributed by atoms with Crippen LogP contribution in [-0.4, -0.2) is 16.6 Å². The largest absolute Gasteiger partial charge is 0.386 e. The molecule has 4 heteroatoms. The van der Waals surface area contributed by atoms with Crippen LogP contribution in [0.2, 0.25) is 0 Å². The Kier molecular flexibility index (Phi) is 3.20. The van der Waals surface area contributed by atoms with Crippen LogP contribution in [0.5, 0.6) is 0 Å². The van der Waals surface area contributed by atoms with E-state index in [1.54, 1.807) is 6.20 Å². The summed E-state index contributed by atoms with van der Waals surface area (Å²) in [5.41, 5.74) is 5.32. The monoisotopic (exact) mass is 186 g/mol. The molecule has 1 atom stereocenters. The highest BCUT2D eigenvalue weighted by Crippen LogP contribution is 2.24. The predicted octanol–water partition coefficient (Wildman–Crippen LogP) is 1.26. The van der Waals surface area contributed by atoms with Gasteiger partial charge in [-0.3, -0.25) is 0 Å². The van der Waals surface area contributed by atoms with Gasteiger partial charge < -0.3 is 10.8 Å². The SMILES string of the molecule is CC(C)c1ncc([C@H](O)CN)s1. The molecule has 0 unspecified atom stereocenters. The lowest BCUT2D eigenvalue weighted by atomic mass is 10.2. The molecule has 0 spiro atoms. The minimum absolute atomic E-state index is 0.264. The number of nitrogens with two attached hydrogens (primary N) is 1. The summed E-state index contributed by atoms with van der Waals surface area (Å²) in [6, 6.07) is 0. The van der Waals surface area contributed by atoms with Gasteiger partial charge in [0.15, 0.2) is 0 Å². The Labute approximate surface area is 76.3 Å². The molecule has 0 aliphatic carbocycles. The maximum absolute atomic E-state index is 9.37. The molecule has 0 saturated heterocycles. The zero-order chi connectivity index (χ0) is 9.14. The topological polar surface area (TPSA) is 59.1 Å². The first-order chi connectivity index (χ1) is 5.65. The smallest absolute Gasteiger partial charge is 0.102 e. The van der Waals surface area contributed by atoms with E-state index in [1.807, 2.05) is 0 Å². The summed E-state index contributed by atoms with van der Waals surface area (Å²) in [5.74, 6) is 0.425. The number of aromatic nitrogens is 1. The Morgan fingerprint density at radius 1 is 1.67 bits per heavy atom. The van der Waals surface area contributed by atoms with Gasteiger partial charge in [0.2, 0.25) is 0 Å². The first-order valence-corrected chi connectivity index (χ1v) is 4.80. The normalized spacial score (nSPS) is 13.8. The minimum atomic E-state index is -0.546. The Morgan fingerprint density at radius 2 is 2.33 bits per heavy atom. The van der Waals surface area contributed by atoms with Crippen LogP contribution in [0.4, 0.5) is 0 Å².